The molecule has 0 radical (unpaired) electrons. The fraction of sp³-hybridized carbons (Fsp3) is 1.00. The Morgan fingerprint density at radius 2 is 1.67 bits per heavy atom. The summed E-state index contributed by atoms with van der Waals surface area (Å²) in [7, 11) is 0. The number of rotatable bonds is 11. The first-order chi connectivity index (χ1) is 9.91. The standard InChI is InChI=1S/C14H29N7/c1-6-21(7-2)11-10-12(3)8-9-13(17-19-15)14(4,5)18-20-16/h12-13H,6-11H2,1-5H3. The lowest BCUT2D eigenvalue weighted by Crippen LogP contribution is -2.32. The number of azide groups is 2. The van der Waals surface area contributed by atoms with Crippen molar-refractivity contribution in [2.45, 2.75) is 65.5 Å². The van der Waals surface area contributed by atoms with Crippen molar-refractivity contribution < 1.29 is 0 Å². The molecule has 0 aromatic rings. The molecule has 0 saturated carbocycles. The van der Waals surface area contributed by atoms with Gasteiger partial charge < -0.3 is 4.90 Å². The average molecular weight is 295 g/mol. The van der Waals surface area contributed by atoms with Gasteiger partial charge in [0.25, 0.3) is 0 Å². The first-order valence-electron chi connectivity index (χ1n) is 7.74. The average Bonchev–Trinajstić information content (AvgIpc) is 2.44. The van der Waals surface area contributed by atoms with Crippen LogP contribution in [0.2, 0.25) is 0 Å². The molecule has 0 aliphatic heterocycles. The summed E-state index contributed by atoms with van der Waals surface area (Å²) in [6, 6.07) is -0.297. The number of hydrogen-bond acceptors (Lipinski definition) is 3. The lowest BCUT2D eigenvalue weighted by Gasteiger charge is -2.27. The molecule has 7 nitrogen and oxygen atoms in total. The normalized spacial score (nSPS) is 14.2. The lowest BCUT2D eigenvalue weighted by atomic mass is 9.89. The molecular weight excluding hydrogens is 266 g/mol. The monoisotopic (exact) mass is 295 g/mol. The predicted octanol–water partition coefficient (Wildman–Crippen LogP) is 4.90. The van der Waals surface area contributed by atoms with Crippen LogP contribution < -0.4 is 0 Å². The molecule has 0 aliphatic carbocycles. The summed E-state index contributed by atoms with van der Waals surface area (Å²) in [5.74, 6) is 0.559. The van der Waals surface area contributed by atoms with Crippen LogP contribution in [0.3, 0.4) is 0 Å². The Kier molecular flexibility index (Phi) is 9.63. The predicted molar refractivity (Wildman–Crippen MR) is 87.0 cm³/mol. The summed E-state index contributed by atoms with van der Waals surface area (Å²) >= 11 is 0. The Bertz CT molecular complexity index is 377. The van der Waals surface area contributed by atoms with Gasteiger partial charge in [-0.1, -0.05) is 51.3 Å². The van der Waals surface area contributed by atoms with E-state index in [-0.39, 0.29) is 6.04 Å². The zero-order valence-electron chi connectivity index (χ0n) is 14.0. The molecule has 0 aliphatic rings. The SMILES string of the molecule is CCN(CC)CCC(C)CCC(N=[N+]=[N-])C(C)(C)N=[N+]=[N-]. The van der Waals surface area contributed by atoms with E-state index in [1.54, 1.807) is 0 Å². The highest BCUT2D eigenvalue weighted by Gasteiger charge is 2.27. The van der Waals surface area contributed by atoms with Gasteiger partial charge in [-0.2, -0.15) is 0 Å². The van der Waals surface area contributed by atoms with Crippen LogP contribution in [0.25, 0.3) is 20.9 Å². The molecule has 0 spiro atoms. The molecule has 0 rings (SSSR count). The Morgan fingerprint density at radius 3 is 2.14 bits per heavy atom. The molecule has 120 valence electrons. The van der Waals surface area contributed by atoms with Crippen LogP contribution in [0.5, 0.6) is 0 Å². The molecule has 0 N–H and O–H groups in total. The minimum atomic E-state index is -0.681. The fourth-order valence-corrected chi connectivity index (χ4v) is 2.33. The molecule has 0 fully saturated rings. The van der Waals surface area contributed by atoms with Crippen LogP contribution in [0, 0.1) is 5.92 Å². The van der Waals surface area contributed by atoms with Crippen LogP contribution in [0.4, 0.5) is 0 Å². The summed E-state index contributed by atoms with van der Waals surface area (Å²) in [5.41, 5.74) is 16.6. The van der Waals surface area contributed by atoms with Crippen molar-refractivity contribution >= 4 is 0 Å². The number of nitrogens with zero attached hydrogens (tertiary/aromatic N) is 7. The molecule has 0 amide bonds. The maximum absolute atomic E-state index is 8.69. The van der Waals surface area contributed by atoms with Crippen molar-refractivity contribution in [2.75, 3.05) is 19.6 Å². The molecule has 0 aromatic heterocycles. The van der Waals surface area contributed by atoms with Crippen LogP contribution in [-0.4, -0.2) is 36.1 Å². The topological polar surface area (TPSA) is 101 Å². The van der Waals surface area contributed by atoms with E-state index in [4.69, 9.17) is 11.1 Å². The number of hydrogen-bond donors (Lipinski definition) is 0. The first-order valence-corrected chi connectivity index (χ1v) is 7.74. The summed E-state index contributed by atoms with van der Waals surface area (Å²) < 4.78 is 0. The van der Waals surface area contributed by atoms with Gasteiger partial charge in [0.05, 0.1) is 5.54 Å². The molecule has 0 aromatic carbocycles. The van der Waals surface area contributed by atoms with Gasteiger partial charge in [0.2, 0.25) is 0 Å². The Balaban J connectivity index is 4.43. The van der Waals surface area contributed by atoms with Crippen molar-refractivity contribution in [3.63, 3.8) is 0 Å². The van der Waals surface area contributed by atoms with Crippen molar-refractivity contribution in [1.29, 1.82) is 0 Å². The lowest BCUT2D eigenvalue weighted by molar-refractivity contribution is 0.268. The highest BCUT2D eigenvalue weighted by atomic mass is 15.2. The van der Waals surface area contributed by atoms with Gasteiger partial charge in [0.15, 0.2) is 0 Å². The first kappa shape index (κ1) is 19.6. The maximum Gasteiger partial charge on any atom is 0.0516 e. The van der Waals surface area contributed by atoms with Gasteiger partial charge >= 0.3 is 0 Å². The summed E-state index contributed by atoms with van der Waals surface area (Å²) in [6.07, 6.45) is 2.84. The van der Waals surface area contributed by atoms with E-state index in [1.807, 2.05) is 13.8 Å². The van der Waals surface area contributed by atoms with E-state index in [2.05, 4.69) is 45.7 Å². The second kappa shape index (κ2) is 10.3. The van der Waals surface area contributed by atoms with Crippen LogP contribution in [-0.2, 0) is 0 Å². The quantitative estimate of drug-likeness (QED) is 0.302. The van der Waals surface area contributed by atoms with Gasteiger partial charge in [-0.25, -0.2) is 0 Å². The van der Waals surface area contributed by atoms with E-state index in [0.29, 0.717) is 5.92 Å². The fourth-order valence-electron chi connectivity index (χ4n) is 2.33. The summed E-state index contributed by atoms with van der Waals surface area (Å²) in [4.78, 5) is 8.16. The van der Waals surface area contributed by atoms with Crippen molar-refractivity contribution in [3.05, 3.63) is 20.9 Å². The van der Waals surface area contributed by atoms with Gasteiger partial charge in [-0.05, 0) is 49.5 Å². The Labute approximate surface area is 128 Å². The molecule has 0 heterocycles. The molecule has 2 atom stereocenters. The summed E-state index contributed by atoms with van der Waals surface area (Å²) in [6.45, 7) is 13.4. The third-order valence-corrected chi connectivity index (χ3v) is 4.07. The highest BCUT2D eigenvalue weighted by molar-refractivity contribution is 4.92. The van der Waals surface area contributed by atoms with E-state index >= 15 is 0 Å². The second-order valence-corrected chi connectivity index (χ2v) is 6.06. The molecule has 0 bridgehead atoms. The molecule has 7 heteroatoms. The third-order valence-electron chi connectivity index (χ3n) is 4.07. The minimum absolute atomic E-state index is 0.297. The van der Waals surface area contributed by atoms with Gasteiger partial charge in [0, 0.05) is 15.9 Å². The van der Waals surface area contributed by atoms with Gasteiger partial charge in [-0.3, -0.25) is 0 Å². The van der Waals surface area contributed by atoms with Crippen molar-refractivity contribution in [2.24, 2.45) is 16.1 Å². The largest absolute Gasteiger partial charge is 0.304 e. The van der Waals surface area contributed by atoms with Crippen molar-refractivity contribution in [1.82, 2.24) is 4.90 Å². The highest BCUT2D eigenvalue weighted by Crippen LogP contribution is 2.25. The van der Waals surface area contributed by atoms with Gasteiger partial charge in [-0.15, -0.1) is 0 Å². The molecule has 2 unspecified atom stereocenters. The van der Waals surface area contributed by atoms with Crippen LogP contribution >= 0.6 is 0 Å². The minimum Gasteiger partial charge on any atom is -0.304 e. The van der Waals surface area contributed by atoms with Crippen molar-refractivity contribution in [3.8, 4) is 0 Å². The molecular formula is C14H29N7. The molecule has 0 saturated heterocycles. The van der Waals surface area contributed by atoms with E-state index in [0.717, 1.165) is 38.9 Å². The zero-order valence-corrected chi connectivity index (χ0v) is 14.0. The third kappa shape index (κ3) is 7.81. The van der Waals surface area contributed by atoms with E-state index in [9.17, 15) is 0 Å². The molecule has 21 heavy (non-hydrogen) atoms. The van der Waals surface area contributed by atoms with Gasteiger partial charge in [0.1, 0.15) is 0 Å². The van der Waals surface area contributed by atoms with Crippen LogP contribution in [0.15, 0.2) is 10.2 Å². The Hall–Kier alpha value is -1.42. The maximum atomic E-state index is 8.69. The van der Waals surface area contributed by atoms with Crippen LogP contribution in [0.1, 0.15) is 53.9 Å². The van der Waals surface area contributed by atoms with E-state index < -0.39 is 5.54 Å². The zero-order chi connectivity index (χ0) is 16.3. The second-order valence-electron chi connectivity index (χ2n) is 6.06. The smallest absolute Gasteiger partial charge is 0.0516 e. The van der Waals surface area contributed by atoms with E-state index in [1.165, 1.54) is 0 Å². The Morgan fingerprint density at radius 1 is 1.05 bits per heavy atom. The summed E-state index contributed by atoms with van der Waals surface area (Å²) in [5, 5.41) is 7.58.